The Morgan fingerprint density at radius 3 is 2.32 bits per heavy atom. The van der Waals surface area contributed by atoms with Crippen LogP contribution in [0.4, 0.5) is 5.69 Å². The third-order valence-electron chi connectivity index (χ3n) is 5.03. The summed E-state index contributed by atoms with van der Waals surface area (Å²) in [7, 11) is -3.74. The van der Waals surface area contributed by atoms with Crippen molar-refractivity contribution in [3.05, 3.63) is 66.2 Å². The van der Waals surface area contributed by atoms with Crippen LogP contribution in [0.2, 0.25) is 0 Å². The number of anilines is 1. The number of sulfonamides is 1. The Morgan fingerprint density at radius 2 is 1.65 bits per heavy atom. The monoisotopic (exact) mass is 440 g/mol. The minimum absolute atomic E-state index is 0.0570. The lowest BCUT2D eigenvalue weighted by atomic mass is 10.0. The molecule has 0 aliphatic rings. The predicted octanol–water partition coefficient (Wildman–Crippen LogP) is 4.45. The molecule has 3 aromatic rings. The van der Waals surface area contributed by atoms with Crippen molar-refractivity contribution in [2.45, 2.75) is 32.1 Å². The zero-order valence-corrected chi connectivity index (χ0v) is 18.9. The summed E-state index contributed by atoms with van der Waals surface area (Å²) in [6.45, 7) is 6.42. The Morgan fingerprint density at radius 1 is 0.935 bits per heavy atom. The average Bonchev–Trinajstić information content (AvgIpc) is 2.75. The fourth-order valence-corrected chi connectivity index (χ4v) is 5.12. The Balaban J connectivity index is 1.84. The summed E-state index contributed by atoms with van der Waals surface area (Å²) in [6, 6.07) is 18.6. The van der Waals surface area contributed by atoms with Gasteiger partial charge in [-0.3, -0.25) is 4.79 Å². The van der Waals surface area contributed by atoms with Crippen molar-refractivity contribution < 1.29 is 17.9 Å². The molecule has 0 saturated carbocycles. The van der Waals surface area contributed by atoms with E-state index in [0.717, 1.165) is 16.3 Å². The molecule has 31 heavy (non-hydrogen) atoms. The lowest BCUT2D eigenvalue weighted by Crippen LogP contribution is -2.31. The van der Waals surface area contributed by atoms with Gasteiger partial charge in [0, 0.05) is 18.8 Å². The van der Waals surface area contributed by atoms with Gasteiger partial charge in [0.25, 0.3) is 0 Å². The molecule has 0 bridgehead atoms. The van der Waals surface area contributed by atoms with E-state index in [1.807, 2.05) is 42.5 Å². The number of nitrogens with zero attached hydrogens (tertiary/aromatic N) is 1. The first-order chi connectivity index (χ1) is 14.9. The van der Waals surface area contributed by atoms with Crippen LogP contribution in [0.25, 0.3) is 10.8 Å². The predicted molar refractivity (Wildman–Crippen MR) is 124 cm³/mol. The lowest BCUT2D eigenvalue weighted by molar-refractivity contribution is -0.115. The largest absolute Gasteiger partial charge is 0.492 e. The molecule has 0 saturated heterocycles. The summed E-state index contributed by atoms with van der Waals surface area (Å²) >= 11 is 0. The van der Waals surface area contributed by atoms with Gasteiger partial charge < -0.3 is 10.1 Å². The molecule has 1 amide bonds. The van der Waals surface area contributed by atoms with E-state index in [2.05, 4.69) is 5.32 Å². The molecular formula is C24H28N2O4S. The van der Waals surface area contributed by atoms with E-state index in [-0.39, 0.29) is 23.0 Å². The van der Waals surface area contributed by atoms with E-state index in [1.54, 1.807) is 32.9 Å². The number of hydrogen-bond acceptors (Lipinski definition) is 4. The van der Waals surface area contributed by atoms with Gasteiger partial charge in [0.1, 0.15) is 10.6 Å². The lowest BCUT2D eigenvalue weighted by Gasteiger charge is -2.21. The summed E-state index contributed by atoms with van der Waals surface area (Å²) in [4.78, 5) is 12.7. The Kier molecular flexibility index (Phi) is 7.30. The van der Waals surface area contributed by atoms with Crippen molar-refractivity contribution in [2.24, 2.45) is 0 Å². The molecule has 0 aromatic heterocycles. The second-order valence-electron chi connectivity index (χ2n) is 7.09. The van der Waals surface area contributed by atoms with Crippen LogP contribution in [-0.4, -0.2) is 38.3 Å². The summed E-state index contributed by atoms with van der Waals surface area (Å²) in [5, 5.41) is 5.00. The van der Waals surface area contributed by atoms with Crippen LogP contribution in [-0.2, 0) is 21.2 Å². The Bertz CT molecular complexity index is 1170. The zero-order chi connectivity index (χ0) is 22.4. The van der Waals surface area contributed by atoms with Gasteiger partial charge in [0.15, 0.2) is 0 Å². The van der Waals surface area contributed by atoms with Gasteiger partial charge >= 0.3 is 0 Å². The highest BCUT2D eigenvalue weighted by Crippen LogP contribution is 2.30. The maximum absolute atomic E-state index is 13.1. The van der Waals surface area contributed by atoms with E-state index in [9.17, 15) is 13.2 Å². The summed E-state index contributed by atoms with van der Waals surface area (Å²) in [6.07, 6.45) is 0.191. The molecule has 0 aliphatic carbocycles. The normalized spacial score (nSPS) is 11.6. The highest BCUT2D eigenvalue weighted by Gasteiger charge is 2.26. The van der Waals surface area contributed by atoms with Gasteiger partial charge in [-0.05, 0) is 41.5 Å². The molecule has 7 heteroatoms. The second kappa shape index (κ2) is 9.94. The third kappa shape index (κ3) is 5.24. The van der Waals surface area contributed by atoms with Crippen LogP contribution in [0.1, 0.15) is 26.3 Å². The first kappa shape index (κ1) is 22.8. The van der Waals surface area contributed by atoms with Crippen LogP contribution >= 0.6 is 0 Å². The second-order valence-corrected chi connectivity index (χ2v) is 9.00. The molecule has 0 spiro atoms. The number of carbonyl (C=O) groups is 1. The number of rotatable bonds is 9. The number of fused-ring (bicyclic) bond motifs is 1. The Labute approximate surface area is 183 Å². The Hall–Kier alpha value is -2.90. The van der Waals surface area contributed by atoms with Crippen LogP contribution in [0.5, 0.6) is 5.75 Å². The van der Waals surface area contributed by atoms with Gasteiger partial charge in [-0.25, -0.2) is 8.42 Å². The van der Waals surface area contributed by atoms with Crippen molar-refractivity contribution in [1.82, 2.24) is 4.31 Å². The van der Waals surface area contributed by atoms with Crippen molar-refractivity contribution in [1.29, 1.82) is 0 Å². The van der Waals surface area contributed by atoms with Gasteiger partial charge in [-0.15, -0.1) is 0 Å². The van der Waals surface area contributed by atoms with Gasteiger partial charge in [-0.2, -0.15) is 4.31 Å². The number of ether oxygens (including phenoxy) is 1. The van der Waals surface area contributed by atoms with E-state index >= 15 is 0 Å². The van der Waals surface area contributed by atoms with Gasteiger partial charge in [0.05, 0.1) is 13.0 Å². The summed E-state index contributed by atoms with van der Waals surface area (Å²) < 4.78 is 33.1. The number of nitrogens with one attached hydrogen (secondary N) is 1. The quantitative estimate of drug-likeness (QED) is 0.533. The SMILES string of the molecule is CCOc1ccc(NC(=O)Cc2ccc3ccccc3c2)cc1S(=O)(=O)N(CC)CC. The first-order valence-corrected chi connectivity index (χ1v) is 11.9. The van der Waals surface area contributed by atoms with E-state index < -0.39 is 10.0 Å². The fourth-order valence-electron chi connectivity index (χ4n) is 3.50. The molecule has 0 radical (unpaired) electrons. The van der Waals surface area contributed by atoms with Crippen LogP contribution in [0.3, 0.4) is 0 Å². The van der Waals surface area contributed by atoms with E-state index in [4.69, 9.17) is 4.74 Å². The number of carbonyl (C=O) groups excluding carboxylic acids is 1. The maximum atomic E-state index is 13.1. The van der Waals surface area contributed by atoms with Gasteiger partial charge in [-0.1, -0.05) is 56.3 Å². The molecule has 0 aliphatic heterocycles. The minimum atomic E-state index is -3.74. The third-order valence-corrected chi connectivity index (χ3v) is 7.10. The highest BCUT2D eigenvalue weighted by atomic mass is 32.2. The molecule has 0 unspecified atom stereocenters. The molecule has 6 nitrogen and oxygen atoms in total. The smallest absolute Gasteiger partial charge is 0.246 e. The van der Waals surface area contributed by atoms with Crippen molar-refractivity contribution >= 4 is 32.4 Å². The molecule has 3 aromatic carbocycles. The number of benzene rings is 3. The average molecular weight is 441 g/mol. The molecule has 0 fully saturated rings. The molecule has 0 atom stereocenters. The number of hydrogen-bond donors (Lipinski definition) is 1. The van der Waals surface area contributed by atoms with Crippen LogP contribution in [0.15, 0.2) is 65.6 Å². The van der Waals surface area contributed by atoms with Crippen molar-refractivity contribution in [2.75, 3.05) is 25.0 Å². The molecule has 164 valence electrons. The van der Waals surface area contributed by atoms with Crippen molar-refractivity contribution in [3.8, 4) is 5.75 Å². The first-order valence-electron chi connectivity index (χ1n) is 10.4. The standard InChI is InChI=1S/C24H28N2O4S/c1-4-26(5-2)31(28,29)23-17-21(13-14-22(23)30-6-3)25-24(27)16-18-11-12-19-9-7-8-10-20(19)15-18/h7-15,17H,4-6,16H2,1-3H3,(H,25,27). The summed E-state index contributed by atoms with van der Waals surface area (Å²) in [5.74, 6) is 0.0626. The van der Waals surface area contributed by atoms with Crippen molar-refractivity contribution in [3.63, 3.8) is 0 Å². The summed E-state index contributed by atoms with van der Waals surface area (Å²) in [5.41, 5.74) is 1.30. The van der Waals surface area contributed by atoms with Crippen LogP contribution < -0.4 is 10.1 Å². The highest BCUT2D eigenvalue weighted by molar-refractivity contribution is 7.89. The molecule has 1 N–H and O–H groups in total. The number of amides is 1. The molecule has 3 rings (SSSR count). The maximum Gasteiger partial charge on any atom is 0.246 e. The zero-order valence-electron chi connectivity index (χ0n) is 18.1. The molecule has 0 heterocycles. The van der Waals surface area contributed by atoms with Crippen LogP contribution in [0, 0.1) is 0 Å². The van der Waals surface area contributed by atoms with E-state index in [0.29, 0.717) is 25.4 Å². The van der Waals surface area contributed by atoms with E-state index in [1.165, 1.54) is 10.4 Å². The molecular weight excluding hydrogens is 412 g/mol. The topological polar surface area (TPSA) is 75.7 Å². The minimum Gasteiger partial charge on any atom is -0.492 e. The van der Waals surface area contributed by atoms with Gasteiger partial charge in [0.2, 0.25) is 15.9 Å². The fraction of sp³-hybridized carbons (Fsp3) is 0.292.